The summed E-state index contributed by atoms with van der Waals surface area (Å²) in [5.41, 5.74) is 2.04. The molecule has 0 spiro atoms. The van der Waals surface area contributed by atoms with Gasteiger partial charge in [0, 0.05) is 30.6 Å². The van der Waals surface area contributed by atoms with Crippen LogP contribution < -0.4 is 10.1 Å². The van der Waals surface area contributed by atoms with Crippen molar-refractivity contribution in [3.8, 4) is 5.75 Å². The lowest BCUT2D eigenvalue weighted by Crippen LogP contribution is -2.57. The number of nitrogens with zero attached hydrogens (tertiary/aromatic N) is 2. The van der Waals surface area contributed by atoms with Gasteiger partial charge in [0.2, 0.25) is 5.91 Å². The van der Waals surface area contributed by atoms with Crippen LogP contribution in [0.4, 0.5) is 0 Å². The van der Waals surface area contributed by atoms with Crippen molar-refractivity contribution in [2.24, 2.45) is 0 Å². The summed E-state index contributed by atoms with van der Waals surface area (Å²) < 4.78 is 5.76. The molecule has 134 valence electrons. The van der Waals surface area contributed by atoms with Gasteiger partial charge in [0.1, 0.15) is 17.4 Å². The molecule has 2 atom stereocenters. The number of carbonyl (C=O) groups excluding carboxylic acids is 1. The number of thiazole rings is 1. The van der Waals surface area contributed by atoms with Gasteiger partial charge in [-0.25, -0.2) is 4.98 Å². The van der Waals surface area contributed by atoms with Gasteiger partial charge in [-0.15, -0.1) is 11.3 Å². The van der Waals surface area contributed by atoms with E-state index in [1.54, 1.807) is 11.3 Å². The number of piperazine rings is 1. The first-order valence-corrected chi connectivity index (χ1v) is 9.56. The minimum Gasteiger partial charge on any atom is -0.486 e. The Kier molecular flexibility index (Phi) is 5.71. The molecule has 1 aliphatic heterocycles. The first-order valence-electron chi connectivity index (χ1n) is 8.68. The molecular weight excluding hydrogens is 334 g/mol. The Morgan fingerprint density at radius 3 is 2.88 bits per heavy atom. The second-order valence-corrected chi connectivity index (χ2v) is 7.52. The highest BCUT2D eigenvalue weighted by Crippen LogP contribution is 2.17. The summed E-state index contributed by atoms with van der Waals surface area (Å²) in [5.74, 6) is 0.985. The van der Waals surface area contributed by atoms with Gasteiger partial charge in [-0.2, -0.15) is 0 Å². The van der Waals surface area contributed by atoms with Crippen molar-refractivity contribution in [1.82, 2.24) is 15.2 Å². The molecule has 0 bridgehead atoms. The molecule has 0 saturated carbocycles. The number of hydrogen-bond donors (Lipinski definition) is 1. The van der Waals surface area contributed by atoms with Crippen molar-refractivity contribution in [2.45, 2.75) is 45.9 Å². The Bertz CT molecular complexity index is 714. The Morgan fingerprint density at radius 1 is 1.36 bits per heavy atom. The summed E-state index contributed by atoms with van der Waals surface area (Å²) in [7, 11) is 0. The summed E-state index contributed by atoms with van der Waals surface area (Å²) in [6, 6.07) is 8.50. The summed E-state index contributed by atoms with van der Waals surface area (Å²) in [6.45, 7) is 8.31. The Hall–Kier alpha value is -1.92. The maximum Gasteiger partial charge on any atom is 0.228 e. The van der Waals surface area contributed by atoms with Crippen LogP contribution in [0, 0.1) is 6.92 Å². The normalized spacial score (nSPS) is 20.5. The van der Waals surface area contributed by atoms with Crippen LogP contribution >= 0.6 is 11.3 Å². The van der Waals surface area contributed by atoms with Crippen LogP contribution in [0.2, 0.25) is 0 Å². The fourth-order valence-electron chi connectivity index (χ4n) is 2.94. The van der Waals surface area contributed by atoms with Crippen LogP contribution in [0.25, 0.3) is 0 Å². The monoisotopic (exact) mass is 359 g/mol. The van der Waals surface area contributed by atoms with Crippen LogP contribution in [0.3, 0.4) is 0 Å². The number of hydrogen-bond acceptors (Lipinski definition) is 5. The van der Waals surface area contributed by atoms with Gasteiger partial charge >= 0.3 is 0 Å². The number of benzene rings is 1. The van der Waals surface area contributed by atoms with Gasteiger partial charge in [-0.05, 0) is 32.9 Å². The van der Waals surface area contributed by atoms with E-state index in [4.69, 9.17) is 4.74 Å². The van der Waals surface area contributed by atoms with Crippen LogP contribution in [-0.4, -0.2) is 41.0 Å². The minimum atomic E-state index is 0.150. The van der Waals surface area contributed by atoms with Gasteiger partial charge in [0.25, 0.3) is 0 Å². The summed E-state index contributed by atoms with van der Waals surface area (Å²) >= 11 is 1.54. The van der Waals surface area contributed by atoms with Crippen molar-refractivity contribution < 1.29 is 9.53 Å². The molecule has 2 aromatic rings. The van der Waals surface area contributed by atoms with E-state index in [2.05, 4.69) is 24.1 Å². The first kappa shape index (κ1) is 17.9. The zero-order valence-corrected chi connectivity index (χ0v) is 15.8. The molecule has 1 N–H and O–H groups in total. The van der Waals surface area contributed by atoms with Crippen LogP contribution in [0.15, 0.2) is 29.6 Å². The van der Waals surface area contributed by atoms with Crippen LogP contribution in [0.1, 0.15) is 30.1 Å². The number of aromatic nitrogens is 1. The van der Waals surface area contributed by atoms with E-state index in [9.17, 15) is 4.79 Å². The molecule has 2 unspecified atom stereocenters. The predicted octanol–water partition coefficient (Wildman–Crippen LogP) is 2.78. The highest BCUT2D eigenvalue weighted by molar-refractivity contribution is 7.09. The van der Waals surface area contributed by atoms with E-state index in [1.165, 1.54) is 5.56 Å². The maximum atomic E-state index is 12.6. The summed E-state index contributed by atoms with van der Waals surface area (Å²) in [4.78, 5) is 19.1. The molecule has 3 rings (SSSR count). The molecule has 2 heterocycles. The fraction of sp³-hybridized carbons (Fsp3) is 0.474. The lowest BCUT2D eigenvalue weighted by Gasteiger charge is -2.38. The molecule has 0 radical (unpaired) electrons. The van der Waals surface area contributed by atoms with E-state index >= 15 is 0 Å². The number of amides is 1. The molecule has 6 heteroatoms. The second-order valence-electron chi connectivity index (χ2n) is 6.58. The Morgan fingerprint density at radius 2 is 2.12 bits per heavy atom. The third-order valence-corrected chi connectivity index (χ3v) is 5.54. The van der Waals surface area contributed by atoms with Crippen molar-refractivity contribution in [3.63, 3.8) is 0 Å². The number of rotatable bonds is 5. The van der Waals surface area contributed by atoms with E-state index in [0.717, 1.165) is 29.5 Å². The molecule has 1 aromatic heterocycles. The Balaban J connectivity index is 1.54. The van der Waals surface area contributed by atoms with E-state index in [1.807, 2.05) is 41.5 Å². The van der Waals surface area contributed by atoms with Gasteiger partial charge in [0.15, 0.2) is 0 Å². The van der Waals surface area contributed by atoms with E-state index in [-0.39, 0.29) is 11.9 Å². The van der Waals surface area contributed by atoms with E-state index in [0.29, 0.717) is 19.1 Å². The molecule has 5 nitrogen and oxygen atoms in total. The van der Waals surface area contributed by atoms with E-state index < -0.39 is 0 Å². The number of ether oxygens (including phenoxy) is 1. The molecule has 25 heavy (non-hydrogen) atoms. The fourth-order valence-corrected chi connectivity index (χ4v) is 3.65. The number of nitrogens with one attached hydrogen (secondary N) is 1. The SMILES string of the molecule is Cc1ccc(OCc2nc(CC(=O)N3CCNC(C)C3C)cs2)cc1. The molecule has 1 aromatic carbocycles. The highest BCUT2D eigenvalue weighted by atomic mass is 32.1. The third-order valence-electron chi connectivity index (χ3n) is 4.67. The van der Waals surface area contributed by atoms with Crippen LogP contribution in [-0.2, 0) is 17.8 Å². The lowest BCUT2D eigenvalue weighted by molar-refractivity contribution is -0.134. The largest absolute Gasteiger partial charge is 0.486 e. The van der Waals surface area contributed by atoms with Crippen molar-refractivity contribution in [2.75, 3.05) is 13.1 Å². The predicted molar refractivity (Wildman–Crippen MR) is 100.0 cm³/mol. The van der Waals surface area contributed by atoms with Crippen LogP contribution in [0.5, 0.6) is 5.75 Å². The molecule has 1 amide bonds. The first-order chi connectivity index (χ1) is 12.0. The Labute approximate surface area is 153 Å². The average molecular weight is 359 g/mol. The molecule has 1 fully saturated rings. The van der Waals surface area contributed by atoms with Gasteiger partial charge in [-0.3, -0.25) is 4.79 Å². The maximum absolute atomic E-state index is 12.6. The van der Waals surface area contributed by atoms with Crippen molar-refractivity contribution in [1.29, 1.82) is 0 Å². The average Bonchev–Trinajstić information content (AvgIpc) is 3.04. The molecule has 0 aliphatic carbocycles. The molecule has 1 saturated heterocycles. The standard InChI is InChI=1S/C19H25N3O2S/c1-13-4-6-17(7-5-13)24-11-18-21-16(12-25-18)10-19(23)22-9-8-20-14(2)15(22)3/h4-7,12,14-15,20H,8-11H2,1-3H3. The molecule has 1 aliphatic rings. The van der Waals surface area contributed by atoms with Crippen molar-refractivity contribution >= 4 is 17.2 Å². The summed E-state index contributed by atoms with van der Waals surface area (Å²) in [5, 5.41) is 6.25. The highest BCUT2D eigenvalue weighted by Gasteiger charge is 2.28. The topological polar surface area (TPSA) is 54.5 Å². The number of carbonyl (C=O) groups is 1. The third kappa shape index (κ3) is 4.58. The molecular formula is C19H25N3O2S. The lowest BCUT2D eigenvalue weighted by atomic mass is 10.1. The zero-order valence-electron chi connectivity index (χ0n) is 15.0. The summed E-state index contributed by atoms with van der Waals surface area (Å²) in [6.07, 6.45) is 0.359. The second kappa shape index (κ2) is 7.97. The minimum absolute atomic E-state index is 0.150. The van der Waals surface area contributed by atoms with Crippen molar-refractivity contribution in [3.05, 3.63) is 45.9 Å². The van der Waals surface area contributed by atoms with Gasteiger partial charge in [0.05, 0.1) is 12.1 Å². The van der Waals surface area contributed by atoms with Gasteiger partial charge in [-0.1, -0.05) is 17.7 Å². The quantitative estimate of drug-likeness (QED) is 0.892. The smallest absolute Gasteiger partial charge is 0.228 e. The number of aryl methyl sites for hydroxylation is 1. The van der Waals surface area contributed by atoms with Gasteiger partial charge < -0.3 is 15.0 Å². The zero-order chi connectivity index (χ0) is 17.8.